The minimum Gasteiger partial charge on any atom is -0.456 e. The van der Waals surface area contributed by atoms with Gasteiger partial charge in [-0.3, -0.25) is 9.69 Å². The van der Waals surface area contributed by atoms with Crippen LogP contribution in [0.2, 0.25) is 0 Å². The summed E-state index contributed by atoms with van der Waals surface area (Å²) < 4.78 is 35.8. The van der Waals surface area contributed by atoms with Crippen LogP contribution < -0.4 is 4.90 Å². The van der Waals surface area contributed by atoms with Crippen molar-refractivity contribution in [2.45, 2.75) is 25.7 Å². The fourth-order valence-corrected chi connectivity index (χ4v) is 5.76. The lowest BCUT2D eigenvalue weighted by atomic mass is 9.89. The first-order valence-corrected chi connectivity index (χ1v) is 13.7. The molecule has 1 atom stereocenters. The lowest BCUT2D eigenvalue weighted by Crippen LogP contribution is -2.26. The van der Waals surface area contributed by atoms with Crippen molar-refractivity contribution in [1.82, 2.24) is 4.90 Å². The third-order valence-electron chi connectivity index (χ3n) is 7.77. The summed E-state index contributed by atoms with van der Waals surface area (Å²) in [6.07, 6.45) is 1.62. The van der Waals surface area contributed by atoms with Gasteiger partial charge in [0.1, 0.15) is 29.0 Å². The molecular weight excluding hydrogens is 534 g/mol. The molecule has 0 saturated carbocycles. The summed E-state index contributed by atoms with van der Waals surface area (Å²) in [5.41, 5.74) is 5.49. The smallest absolute Gasteiger partial charge is 0.295 e. The van der Waals surface area contributed by atoms with Gasteiger partial charge in [-0.1, -0.05) is 54.6 Å². The first-order chi connectivity index (χ1) is 20.4. The van der Waals surface area contributed by atoms with E-state index in [4.69, 9.17) is 4.42 Å². The fourth-order valence-electron chi connectivity index (χ4n) is 5.76. The Morgan fingerprint density at radius 2 is 1.67 bits per heavy atom. The molecule has 0 fully saturated rings. The Morgan fingerprint density at radius 1 is 0.905 bits per heavy atom. The molecule has 0 saturated heterocycles. The molecule has 1 amide bonds. The normalized spacial score (nSPS) is 15.8. The van der Waals surface area contributed by atoms with E-state index in [2.05, 4.69) is 27.3 Å². The number of carbonyl (C=O) groups excluding carboxylic acids is 1. The van der Waals surface area contributed by atoms with Gasteiger partial charge in [-0.15, -0.1) is 5.11 Å². The molecule has 1 unspecified atom stereocenters. The number of furan rings is 1. The van der Waals surface area contributed by atoms with Crippen LogP contribution in [0, 0.1) is 11.6 Å². The topological polar surface area (TPSA) is 61.4 Å². The maximum absolute atomic E-state index is 14.8. The molecule has 2 aliphatic heterocycles. The van der Waals surface area contributed by atoms with Gasteiger partial charge < -0.3 is 9.32 Å². The van der Waals surface area contributed by atoms with Crippen molar-refractivity contribution in [2.75, 3.05) is 11.9 Å². The number of halogens is 2. The number of carbonyl (C=O) groups is 1. The van der Waals surface area contributed by atoms with Crippen LogP contribution in [0.4, 0.5) is 14.5 Å². The number of para-hydroxylation sites is 1. The molecule has 1 aromatic heterocycles. The molecule has 3 heterocycles. The fraction of sp³-hybridized carbons (Fsp3) is 0.147. The third-order valence-corrected chi connectivity index (χ3v) is 7.77. The standard InChI is InChI=1S/C34H26F2N4O2/c1-39(17-21-8-3-2-4-9-21)18-23-14-25-30(16-24(23)32-15-22-10-5-6-13-31(22)42-32)40(20-27-33(25)37-38-34(27)41)19-26-28(35)11-7-12-29(26)36/h2-16,20,33H,17-19H2,1H3. The Hall–Kier alpha value is -4.95. The van der Waals surface area contributed by atoms with E-state index in [0.29, 0.717) is 23.6 Å². The molecule has 208 valence electrons. The van der Waals surface area contributed by atoms with Crippen LogP contribution in [0.25, 0.3) is 22.3 Å². The van der Waals surface area contributed by atoms with Gasteiger partial charge in [-0.25, -0.2) is 8.78 Å². The summed E-state index contributed by atoms with van der Waals surface area (Å²) in [6.45, 7) is 1.19. The van der Waals surface area contributed by atoms with E-state index in [0.717, 1.165) is 34.2 Å². The molecule has 7 rings (SSSR count). The second-order valence-corrected chi connectivity index (χ2v) is 10.7. The number of fused-ring (bicyclic) bond motifs is 4. The number of hydrogen-bond donors (Lipinski definition) is 0. The summed E-state index contributed by atoms with van der Waals surface area (Å²) in [7, 11) is 2.05. The predicted octanol–water partition coefficient (Wildman–Crippen LogP) is 7.95. The molecule has 8 heteroatoms. The SMILES string of the molecule is CN(Cc1ccccc1)Cc1cc2c(cc1-c1cc3ccccc3o1)N(Cc1c(F)cccc1F)C=C1C(=O)N=NC12. The van der Waals surface area contributed by atoms with Crippen LogP contribution in [0.3, 0.4) is 0 Å². The van der Waals surface area contributed by atoms with Gasteiger partial charge in [0, 0.05) is 47.1 Å². The Kier molecular flexibility index (Phi) is 6.47. The molecule has 6 nitrogen and oxygen atoms in total. The highest BCUT2D eigenvalue weighted by atomic mass is 19.1. The van der Waals surface area contributed by atoms with Crippen LogP contribution in [-0.2, 0) is 24.4 Å². The molecule has 0 radical (unpaired) electrons. The van der Waals surface area contributed by atoms with E-state index in [1.807, 2.05) is 67.7 Å². The minimum absolute atomic E-state index is 0.0879. The number of hydrogen-bond acceptors (Lipinski definition) is 5. The molecule has 0 spiro atoms. The summed E-state index contributed by atoms with van der Waals surface area (Å²) in [5, 5.41) is 9.07. The number of amides is 1. The third kappa shape index (κ3) is 4.69. The Bertz CT molecular complexity index is 1840. The van der Waals surface area contributed by atoms with E-state index in [1.165, 1.54) is 23.8 Å². The van der Waals surface area contributed by atoms with Gasteiger partial charge in [0.25, 0.3) is 5.91 Å². The molecule has 0 bridgehead atoms. The average molecular weight is 561 g/mol. The molecule has 0 N–H and O–H groups in total. The maximum Gasteiger partial charge on any atom is 0.295 e. The van der Waals surface area contributed by atoms with Gasteiger partial charge in [0.15, 0.2) is 0 Å². The van der Waals surface area contributed by atoms with E-state index >= 15 is 0 Å². The zero-order chi connectivity index (χ0) is 28.8. The number of nitrogens with zero attached hydrogens (tertiary/aromatic N) is 4. The molecule has 42 heavy (non-hydrogen) atoms. The first kappa shape index (κ1) is 26.0. The van der Waals surface area contributed by atoms with Crippen LogP contribution in [-0.4, -0.2) is 17.9 Å². The average Bonchev–Trinajstić information content (AvgIpc) is 3.58. The van der Waals surface area contributed by atoms with Crippen molar-refractivity contribution in [3.05, 3.63) is 137 Å². The molecular formula is C34H26F2N4O2. The quantitative estimate of drug-likeness (QED) is 0.203. The van der Waals surface area contributed by atoms with Crippen molar-refractivity contribution < 1.29 is 18.0 Å². The summed E-state index contributed by atoms with van der Waals surface area (Å²) >= 11 is 0. The van der Waals surface area contributed by atoms with Gasteiger partial charge in [-0.05, 0) is 54.6 Å². The van der Waals surface area contributed by atoms with Crippen LogP contribution in [0.5, 0.6) is 0 Å². The first-order valence-electron chi connectivity index (χ1n) is 13.7. The van der Waals surface area contributed by atoms with Crippen LogP contribution in [0.15, 0.2) is 117 Å². The lowest BCUT2D eigenvalue weighted by molar-refractivity contribution is -0.114. The van der Waals surface area contributed by atoms with Crippen LogP contribution >= 0.6 is 0 Å². The van der Waals surface area contributed by atoms with Gasteiger partial charge in [0.2, 0.25) is 0 Å². The van der Waals surface area contributed by atoms with Gasteiger partial charge in [-0.2, -0.15) is 5.11 Å². The van der Waals surface area contributed by atoms with E-state index in [-0.39, 0.29) is 12.1 Å². The summed E-state index contributed by atoms with van der Waals surface area (Å²) in [4.78, 5) is 16.6. The molecule has 4 aromatic carbocycles. The zero-order valence-corrected chi connectivity index (χ0v) is 22.8. The predicted molar refractivity (Wildman–Crippen MR) is 156 cm³/mol. The molecule has 0 aliphatic carbocycles. The number of azo groups is 1. The Balaban J connectivity index is 1.37. The summed E-state index contributed by atoms with van der Waals surface area (Å²) in [5.74, 6) is -1.08. The van der Waals surface area contributed by atoms with E-state index in [1.54, 1.807) is 11.1 Å². The number of anilines is 1. The second kappa shape index (κ2) is 10.5. The van der Waals surface area contributed by atoms with Crippen molar-refractivity contribution in [3.8, 4) is 11.3 Å². The van der Waals surface area contributed by atoms with Crippen LogP contribution in [0.1, 0.15) is 28.3 Å². The lowest BCUT2D eigenvalue weighted by Gasteiger charge is -2.32. The summed E-state index contributed by atoms with van der Waals surface area (Å²) in [6, 6.07) is 27.2. The zero-order valence-electron chi connectivity index (χ0n) is 22.8. The highest BCUT2D eigenvalue weighted by Gasteiger charge is 2.37. The van der Waals surface area contributed by atoms with Crippen molar-refractivity contribution in [3.63, 3.8) is 0 Å². The Morgan fingerprint density at radius 3 is 2.45 bits per heavy atom. The Labute approximate surface area is 241 Å². The monoisotopic (exact) mass is 560 g/mol. The number of rotatable bonds is 7. The highest BCUT2D eigenvalue weighted by Crippen LogP contribution is 2.46. The van der Waals surface area contributed by atoms with Gasteiger partial charge in [0.05, 0.1) is 12.1 Å². The largest absolute Gasteiger partial charge is 0.456 e. The van der Waals surface area contributed by atoms with Crippen molar-refractivity contribution >= 4 is 22.6 Å². The molecule has 2 aliphatic rings. The second-order valence-electron chi connectivity index (χ2n) is 10.7. The van der Waals surface area contributed by atoms with E-state index < -0.39 is 23.6 Å². The molecule has 5 aromatic rings. The highest BCUT2D eigenvalue weighted by molar-refractivity contribution is 5.99. The van der Waals surface area contributed by atoms with Gasteiger partial charge >= 0.3 is 0 Å². The van der Waals surface area contributed by atoms with Crippen molar-refractivity contribution in [2.24, 2.45) is 10.2 Å². The van der Waals surface area contributed by atoms with Crippen molar-refractivity contribution in [1.29, 1.82) is 0 Å². The maximum atomic E-state index is 14.8. The number of benzene rings is 4. The van der Waals surface area contributed by atoms with E-state index in [9.17, 15) is 13.6 Å². The minimum atomic E-state index is -0.652.